The molecule has 3 rings (SSSR count). The molecule has 1 amide bonds. The number of methoxy groups -OCH3 is 1. The second kappa shape index (κ2) is 9.68. The van der Waals surface area contributed by atoms with Gasteiger partial charge >= 0.3 is 0 Å². The SMILES string of the molecule is COC(c1ccccc1)c1nc(C(=O)NCc2ccccc2OCN)c(N)c(=O)[nH]1. The molecule has 1 heterocycles. The Bertz CT molecular complexity index is 1070. The summed E-state index contributed by atoms with van der Waals surface area (Å²) in [7, 11) is 1.49. The number of para-hydroxylation sites is 1. The highest BCUT2D eigenvalue weighted by molar-refractivity contribution is 5.96. The summed E-state index contributed by atoms with van der Waals surface area (Å²) in [5.74, 6) is 0.140. The van der Waals surface area contributed by atoms with Gasteiger partial charge in [0.1, 0.15) is 30.1 Å². The number of aromatic amines is 1. The predicted molar refractivity (Wildman–Crippen MR) is 112 cm³/mol. The van der Waals surface area contributed by atoms with Gasteiger partial charge < -0.3 is 25.5 Å². The third kappa shape index (κ3) is 4.65. The first-order valence-corrected chi connectivity index (χ1v) is 9.21. The fraction of sp³-hybridized carbons (Fsp3) is 0.190. The molecule has 1 atom stereocenters. The van der Waals surface area contributed by atoms with Crippen molar-refractivity contribution < 1.29 is 14.3 Å². The fourth-order valence-electron chi connectivity index (χ4n) is 2.97. The minimum absolute atomic E-state index is 0.00871. The van der Waals surface area contributed by atoms with E-state index in [9.17, 15) is 9.59 Å². The van der Waals surface area contributed by atoms with E-state index < -0.39 is 17.6 Å². The molecule has 0 saturated carbocycles. The van der Waals surface area contributed by atoms with E-state index in [4.69, 9.17) is 20.9 Å². The van der Waals surface area contributed by atoms with Gasteiger partial charge in [-0.3, -0.25) is 15.3 Å². The first-order valence-electron chi connectivity index (χ1n) is 9.21. The quantitative estimate of drug-likeness (QED) is 0.410. The highest BCUT2D eigenvalue weighted by Crippen LogP contribution is 2.22. The van der Waals surface area contributed by atoms with Crippen molar-refractivity contribution in [3.05, 3.63) is 87.6 Å². The van der Waals surface area contributed by atoms with Gasteiger partial charge in [0.2, 0.25) is 0 Å². The third-order valence-corrected chi connectivity index (χ3v) is 4.43. The summed E-state index contributed by atoms with van der Waals surface area (Å²) in [5.41, 5.74) is 11.7. The predicted octanol–water partition coefficient (Wildman–Crippen LogP) is 1.31. The number of hydrogen-bond donors (Lipinski definition) is 4. The molecule has 0 saturated heterocycles. The first-order chi connectivity index (χ1) is 14.5. The normalized spacial score (nSPS) is 11.7. The Morgan fingerprint density at radius 3 is 2.57 bits per heavy atom. The topological polar surface area (TPSA) is 145 Å². The molecule has 2 aromatic carbocycles. The van der Waals surface area contributed by atoms with Crippen LogP contribution in [-0.4, -0.2) is 29.7 Å². The van der Waals surface area contributed by atoms with E-state index in [-0.39, 0.29) is 30.5 Å². The van der Waals surface area contributed by atoms with Crippen LogP contribution in [0.3, 0.4) is 0 Å². The molecule has 0 bridgehead atoms. The van der Waals surface area contributed by atoms with Crippen molar-refractivity contribution in [2.45, 2.75) is 12.6 Å². The summed E-state index contributed by atoms with van der Waals surface area (Å²) < 4.78 is 10.8. The Morgan fingerprint density at radius 2 is 1.87 bits per heavy atom. The van der Waals surface area contributed by atoms with Gasteiger partial charge in [0.25, 0.3) is 11.5 Å². The molecule has 30 heavy (non-hydrogen) atoms. The number of carbonyl (C=O) groups is 1. The van der Waals surface area contributed by atoms with Crippen molar-refractivity contribution in [2.24, 2.45) is 5.73 Å². The summed E-state index contributed by atoms with van der Waals surface area (Å²) in [5, 5.41) is 2.71. The van der Waals surface area contributed by atoms with E-state index in [1.807, 2.05) is 36.4 Å². The van der Waals surface area contributed by atoms with Crippen molar-refractivity contribution in [3.63, 3.8) is 0 Å². The van der Waals surface area contributed by atoms with Crippen LogP contribution in [0.25, 0.3) is 0 Å². The van der Waals surface area contributed by atoms with Crippen molar-refractivity contribution in [1.82, 2.24) is 15.3 Å². The first kappa shape index (κ1) is 21.0. The molecule has 0 aliphatic rings. The van der Waals surface area contributed by atoms with Gasteiger partial charge in [-0.1, -0.05) is 48.5 Å². The molecular weight excluding hydrogens is 386 g/mol. The van der Waals surface area contributed by atoms with Crippen LogP contribution >= 0.6 is 0 Å². The van der Waals surface area contributed by atoms with Crippen molar-refractivity contribution in [2.75, 3.05) is 19.6 Å². The lowest BCUT2D eigenvalue weighted by molar-refractivity contribution is 0.0943. The number of ether oxygens (including phenoxy) is 2. The van der Waals surface area contributed by atoms with Crippen LogP contribution in [-0.2, 0) is 11.3 Å². The zero-order valence-electron chi connectivity index (χ0n) is 16.4. The van der Waals surface area contributed by atoms with Gasteiger partial charge in [0.15, 0.2) is 5.69 Å². The number of nitrogens with zero attached hydrogens (tertiary/aromatic N) is 1. The summed E-state index contributed by atoms with van der Waals surface area (Å²) in [6, 6.07) is 16.4. The monoisotopic (exact) mass is 409 g/mol. The Morgan fingerprint density at radius 1 is 1.17 bits per heavy atom. The minimum Gasteiger partial charge on any atom is -0.478 e. The summed E-state index contributed by atoms with van der Waals surface area (Å²) in [4.78, 5) is 32.0. The molecule has 0 aliphatic carbocycles. The molecule has 6 N–H and O–H groups in total. The lowest BCUT2D eigenvalue weighted by atomic mass is 10.1. The average molecular weight is 409 g/mol. The van der Waals surface area contributed by atoms with E-state index in [1.54, 1.807) is 18.2 Å². The lowest BCUT2D eigenvalue weighted by Crippen LogP contribution is -2.30. The van der Waals surface area contributed by atoms with Crippen LogP contribution in [0.15, 0.2) is 59.4 Å². The summed E-state index contributed by atoms with van der Waals surface area (Å²) >= 11 is 0. The van der Waals surface area contributed by atoms with Gasteiger partial charge in [0, 0.05) is 19.2 Å². The molecule has 0 aliphatic heterocycles. The van der Waals surface area contributed by atoms with Crippen LogP contribution in [0.5, 0.6) is 5.75 Å². The third-order valence-electron chi connectivity index (χ3n) is 4.43. The number of H-pyrrole nitrogens is 1. The Labute approximate surface area is 173 Å². The molecule has 1 aromatic heterocycles. The van der Waals surface area contributed by atoms with Gasteiger partial charge in [-0.2, -0.15) is 0 Å². The maximum atomic E-state index is 12.7. The largest absolute Gasteiger partial charge is 0.478 e. The maximum Gasteiger partial charge on any atom is 0.274 e. The number of nitrogens with one attached hydrogen (secondary N) is 2. The standard InChI is InChI=1S/C21H23N5O4/c1-29-18(13-7-3-2-4-8-13)19-25-17(16(23)20(27)26-19)21(28)24-11-14-9-5-6-10-15(14)30-12-22/h2-10,18H,11-12,22-23H2,1H3,(H,24,28)(H,25,26,27). The number of rotatable bonds is 8. The van der Waals surface area contributed by atoms with Crippen LogP contribution in [0.2, 0.25) is 0 Å². The Kier molecular flexibility index (Phi) is 6.79. The van der Waals surface area contributed by atoms with E-state index in [1.165, 1.54) is 7.11 Å². The Hall–Kier alpha value is -3.69. The number of benzene rings is 2. The van der Waals surface area contributed by atoms with E-state index in [0.717, 1.165) is 11.1 Å². The highest BCUT2D eigenvalue weighted by atomic mass is 16.5. The zero-order chi connectivity index (χ0) is 21.5. The molecule has 156 valence electrons. The number of hydrogen-bond acceptors (Lipinski definition) is 7. The molecule has 1 unspecified atom stereocenters. The molecule has 9 heteroatoms. The lowest BCUT2D eigenvalue weighted by Gasteiger charge is -2.16. The number of carbonyl (C=O) groups excluding carboxylic acids is 1. The molecule has 9 nitrogen and oxygen atoms in total. The number of anilines is 1. The highest BCUT2D eigenvalue weighted by Gasteiger charge is 2.22. The zero-order valence-corrected chi connectivity index (χ0v) is 16.4. The second-order valence-corrected chi connectivity index (χ2v) is 6.34. The van der Waals surface area contributed by atoms with E-state index in [2.05, 4.69) is 15.3 Å². The molecule has 3 aromatic rings. The van der Waals surface area contributed by atoms with Crippen molar-refractivity contribution >= 4 is 11.6 Å². The Balaban J connectivity index is 1.87. The molecule has 0 spiro atoms. The van der Waals surface area contributed by atoms with E-state index >= 15 is 0 Å². The van der Waals surface area contributed by atoms with Gasteiger partial charge in [0.05, 0.1) is 0 Å². The number of nitrogens with two attached hydrogens (primary N) is 2. The average Bonchev–Trinajstić information content (AvgIpc) is 2.76. The second-order valence-electron chi connectivity index (χ2n) is 6.34. The molecule has 0 fully saturated rings. The molecule has 0 radical (unpaired) electrons. The van der Waals surface area contributed by atoms with Gasteiger partial charge in [-0.15, -0.1) is 0 Å². The van der Waals surface area contributed by atoms with Gasteiger partial charge in [-0.25, -0.2) is 4.98 Å². The minimum atomic E-state index is -0.662. The van der Waals surface area contributed by atoms with Crippen LogP contribution in [0.4, 0.5) is 5.69 Å². The van der Waals surface area contributed by atoms with Crippen molar-refractivity contribution in [3.8, 4) is 5.75 Å². The van der Waals surface area contributed by atoms with Crippen LogP contribution in [0, 0.1) is 0 Å². The summed E-state index contributed by atoms with van der Waals surface area (Å²) in [6.07, 6.45) is -0.662. The molecular formula is C21H23N5O4. The summed E-state index contributed by atoms with van der Waals surface area (Å²) in [6.45, 7) is 0.152. The van der Waals surface area contributed by atoms with Crippen molar-refractivity contribution in [1.29, 1.82) is 0 Å². The number of amides is 1. The fourth-order valence-corrected chi connectivity index (χ4v) is 2.97. The smallest absolute Gasteiger partial charge is 0.274 e. The van der Waals surface area contributed by atoms with E-state index in [0.29, 0.717) is 5.75 Å². The van der Waals surface area contributed by atoms with Crippen LogP contribution < -0.4 is 27.1 Å². The van der Waals surface area contributed by atoms with Crippen LogP contribution in [0.1, 0.15) is 33.5 Å². The number of nitrogen functional groups attached to an aromatic ring is 1. The number of aromatic nitrogens is 2. The maximum absolute atomic E-state index is 12.7. The van der Waals surface area contributed by atoms with Gasteiger partial charge in [-0.05, 0) is 11.6 Å².